The Labute approximate surface area is 173 Å². The summed E-state index contributed by atoms with van der Waals surface area (Å²) in [6.07, 6.45) is 2.82. The van der Waals surface area contributed by atoms with Gasteiger partial charge in [-0.3, -0.25) is 0 Å². The fourth-order valence-corrected chi connectivity index (χ4v) is 3.44. The first-order chi connectivity index (χ1) is 14.6. The summed E-state index contributed by atoms with van der Waals surface area (Å²) in [5.74, 6) is -0.576. The molecule has 0 aliphatic heterocycles. The van der Waals surface area contributed by atoms with Gasteiger partial charge in [0.15, 0.2) is 5.65 Å². The average molecular weight is 406 g/mol. The highest BCUT2D eigenvalue weighted by atomic mass is 19.1. The molecule has 2 aromatic heterocycles. The first-order valence-electron chi connectivity index (χ1n) is 10.0. The number of halogens is 1. The van der Waals surface area contributed by atoms with Crippen LogP contribution in [0, 0.1) is 5.82 Å². The second kappa shape index (κ2) is 8.49. The number of hydrogen-bond donors (Lipinski definition) is 1. The topological polar surface area (TPSA) is 83.0 Å². The van der Waals surface area contributed by atoms with Crippen LogP contribution >= 0.6 is 0 Å². The molecule has 0 fully saturated rings. The summed E-state index contributed by atoms with van der Waals surface area (Å²) >= 11 is 0. The van der Waals surface area contributed by atoms with Gasteiger partial charge in [-0.1, -0.05) is 44.0 Å². The van der Waals surface area contributed by atoms with Crippen LogP contribution in [-0.2, 0) is 11.3 Å². The predicted octanol–water partition coefficient (Wildman–Crippen LogP) is 4.70. The number of anilines is 1. The highest BCUT2D eigenvalue weighted by Crippen LogP contribution is 2.29. The Bertz CT molecular complexity index is 1200. The minimum Gasteiger partial charge on any atom is -0.462 e. The van der Waals surface area contributed by atoms with Crippen LogP contribution in [0.4, 0.5) is 10.2 Å². The lowest BCUT2D eigenvalue weighted by Crippen LogP contribution is -2.11. The number of aromatic nitrogens is 3. The van der Waals surface area contributed by atoms with Gasteiger partial charge in [-0.2, -0.15) is 0 Å². The first-order valence-corrected chi connectivity index (χ1v) is 10.0. The summed E-state index contributed by atoms with van der Waals surface area (Å²) in [5, 5.41) is 0. The number of fused-ring (bicyclic) bond motifs is 2. The molecule has 2 heterocycles. The van der Waals surface area contributed by atoms with Gasteiger partial charge in [0, 0.05) is 0 Å². The number of rotatable bonds is 7. The third-order valence-corrected chi connectivity index (χ3v) is 5.03. The van der Waals surface area contributed by atoms with Crippen LogP contribution in [0.2, 0.25) is 0 Å². The zero-order valence-electron chi connectivity index (χ0n) is 16.8. The Morgan fingerprint density at radius 2 is 1.77 bits per heavy atom. The molecule has 0 unspecified atom stereocenters. The zero-order valence-corrected chi connectivity index (χ0v) is 16.8. The van der Waals surface area contributed by atoms with Gasteiger partial charge >= 0.3 is 5.97 Å². The summed E-state index contributed by atoms with van der Waals surface area (Å²) in [5.41, 5.74) is 9.73. The van der Waals surface area contributed by atoms with E-state index in [-0.39, 0.29) is 17.2 Å². The van der Waals surface area contributed by atoms with Crippen molar-refractivity contribution in [3.63, 3.8) is 0 Å². The number of nitrogens with two attached hydrogens (primary N) is 1. The van der Waals surface area contributed by atoms with Crippen LogP contribution in [-0.4, -0.2) is 27.1 Å². The van der Waals surface area contributed by atoms with E-state index in [9.17, 15) is 9.18 Å². The smallest absolute Gasteiger partial charge is 0.344 e. The lowest BCUT2D eigenvalue weighted by Gasteiger charge is -2.08. The maximum Gasteiger partial charge on any atom is 0.344 e. The molecule has 7 heteroatoms. The van der Waals surface area contributed by atoms with E-state index in [1.54, 1.807) is 16.7 Å². The molecular formula is C23H23FN4O2. The van der Waals surface area contributed by atoms with Crippen molar-refractivity contribution in [3.8, 4) is 0 Å². The van der Waals surface area contributed by atoms with Gasteiger partial charge in [0.1, 0.15) is 22.7 Å². The number of carbonyl (C=O) groups excluding carboxylic acids is 1. The predicted molar refractivity (Wildman–Crippen MR) is 115 cm³/mol. The molecule has 4 aromatic rings. The Morgan fingerprint density at radius 1 is 1.07 bits per heavy atom. The maximum atomic E-state index is 13.3. The van der Waals surface area contributed by atoms with Gasteiger partial charge in [-0.15, -0.1) is 0 Å². The minimum absolute atomic E-state index is 0.224. The van der Waals surface area contributed by atoms with Crippen molar-refractivity contribution in [1.82, 2.24) is 14.5 Å². The quantitative estimate of drug-likeness (QED) is 0.355. The number of hydrogen-bond acceptors (Lipinski definition) is 5. The van der Waals surface area contributed by atoms with Gasteiger partial charge in [-0.05, 0) is 36.2 Å². The maximum absolute atomic E-state index is 13.3. The van der Waals surface area contributed by atoms with E-state index in [0.29, 0.717) is 35.3 Å². The van der Waals surface area contributed by atoms with Crippen LogP contribution in [0.5, 0.6) is 0 Å². The fraction of sp³-hybridized carbons (Fsp3) is 0.261. The number of nitrogen functional groups attached to an aromatic ring is 1. The van der Waals surface area contributed by atoms with E-state index in [0.717, 1.165) is 24.8 Å². The fourth-order valence-electron chi connectivity index (χ4n) is 3.44. The summed E-state index contributed by atoms with van der Waals surface area (Å²) in [4.78, 5) is 22.2. The molecule has 6 nitrogen and oxygen atoms in total. The normalized spacial score (nSPS) is 11.3. The standard InChI is InChI=1S/C23H23FN4O2/c1-2-3-6-13-30-23(29)19-20-22(27-18-8-5-4-7-17(18)26-20)28(21(19)25)14-15-9-11-16(24)12-10-15/h4-5,7-12H,2-3,6,13-14,25H2,1H3. The highest BCUT2D eigenvalue weighted by Gasteiger charge is 2.25. The summed E-state index contributed by atoms with van der Waals surface area (Å²) in [6.45, 7) is 2.75. The van der Waals surface area contributed by atoms with Crippen LogP contribution in [0.1, 0.15) is 42.1 Å². The second-order valence-corrected chi connectivity index (χ2v) is 7.20. The number of nitrogens with zero attached hydrogens (tertiary/aromatic N) is 3. The molecule has 0 saturated heterocycles. The Hall–Kier alpha value is -3.48. The van der Waals surface area contributed by atoms with E-state index in [2.05, 4.69) is 11.9 Å². The largest absolute Gasteiger partial charge is 0.462 e. The molecule has 4 rings (SSSR count). The van der Waals surface area contributed by atoms with Crippen molar-refractivity contribution in [3.05, 3.63) is 65.5 Å². The average Bonchev–Trinajstić information content (AvgIpc) is 3.01. The van der Waals surface area contributed by atoms with E-state index >= 15 is 0 Å². The lowest BCUT2D eigenvalue weighted by molar-refractivity contribution is 0.0501. The van der Waals surface area contributed by atoms with Crippen molar-refractivity contribution in [1.29, 1.82) is 0 Å². The molecule has 0 aliphatic rings. The number of ether oxygens (including phenoxy) is 1. The molecule has 0 aliphatic carbocycles. The minimum atomic E-state index is -0.504. The molecule has 0 atom stereocenters. The van der Waals surface area contributed by atoms with Gasteiger partial charge in [0.05, 0.1) is 24.2 Å². The molecule has 154 valence electrons. The Morgan fingerprint density at radius 3 is 2.47 bits per heavy atom. The second-order valence-electron chi connectivity index (χ2n) is 7.20. The van der Waals surface area contributed by atoms with Crippen molar-refractivity contribution < 1.29 is 13.9 Å². The number of benzene rings is 2. The Balaban J connectivity index is 1.81. The van der Waals surface area contributed by atoms with E-state index in [1.807, 2.05) is 24.3 Å². The van der Waals surface area contributed by atoms with Crippen molar-refractivity contribution in [2.75, 3.05) is 12.3 Å². The summed E-state index contributed by atoms with van der Waals surface area (Å²) < 4.78 is 20.5. The number of esters is 1. The van der Waals surface area contributed by atoms with Crippen LogP contribution in [0.15, 0.2) is 48.5 Å². The lowest BCUT2D eigenvalue weighted by atomic mass is 10.2. The third kappa shape index (κ3) is 3.83. The summed E-state index contributed by atoms with van der Waals surface area (Å²) in [7, 11) is 0. The SMILES string of the molecule is CCCCCOC(=O)c1c(N)n(Cc2ccc(F)cc2)c2nc3ccccc3nc12. The van der Waals surface area contributed by atoms with Gasteiger partial charge in [0.2, 0.25) is 0 Å². The van der Waals surface area contributed by atoms with Crippen molar-refractivity contribution in [2.24, 2.45) is 0 Å². The number of carbonyl (C=O) groups is 1. The first kappa shape index (κ1) is 19.8. The number of para-hydroxylation sites is 2. The highest BCUT2D eigenvalue weighted by molar-refractivity contribution is 6.08. The van der Waals surface area contributed by atoms with Gasteiger partial charge < -0.3 is 15.0 Å². The Kier molecular flexibility index (Phi) is 5.61. The van der Waals surface area contributed by atoms with E-state index < -0.39 is 5.97 Å². The third-order valence-electron chi connectivity index (χ3n) is 5.03. The molecule has 0 radical (unpaired) electrons. The van der Waals surface area contributed by atoms with Gasteiger partial charge in [-0.25, -0.2) is 19.2 Å². The molecular weight excluding hydrogens is 383 g/mol. The van der Waals surface area contributed by atoms with E-state index in [1.165, 1.54) is 12.1 Å². The van der Waals surface area contributed by atoms with E-state index in [4.69, 9.17) is 15.5 Å². The van der Waals surface area contributed by atoms with Crippen LogP contribution < -0.4 is 5.73 Å². The van der Waals surface area contributed by atoms with Gasteiger partial charge in [0.25, 0.3) is 0 Å². The van der Waals surface area contributed by atoms with Crippen molar-refractivity contribution in [2.45, 2.75) is 32.7 Å². The number of unbranched alkanes of at least 4 members (excludes halogenated alkanes) is 2. The molecule has 0 amide bonds. The molecule has 0 saturated carbocycles. The van der Waals surface area contributed by atoms with Crippen molar-refractivity contribution >= 4 is 34.0 Å². The van der Waals surface area contributed by atoms with Crippen LogP contribution in [0.3, 0.4) is 0 Å². The zero-order chi connectivity index (χ0) is 21.1. The monoisotopic (exact) mass is 406 g/mol. The molecule has 2 aromatic carbocycles. The molecule has 2 N–H and O–H groups in total. The molecule has 0 spiro atoms. The summed E-state index contributed by atoms with van der Waals surface area (Å²) in [6, 6.07) is 13.6. The molecule has 30 heavy (non-hydrogen) atoms. The van der Waals surface area contributed by atoms with Crippen LogP contribution in [0.25, 0.3) is 22.2 Å². The molecule has 0 bridgehead atoms.